The van der Waals surface area contributed by atoms with Crippen LogP contribution in [0.2, 0.25) is 0 Å². The molecule has 2 nitrogen and oxygen atoms in total. The second kappa shape index (κ2) is 7.42. The first kappa shape index (κ1) is 15.0. The molecule has 0 radical (unpaired) electrons. The summed E-state index contributed by atoms with van der Waals surface area (Å²) in [6, 6.07) is 9.07. The maximum atomic E-state index is 5.48. The van der Waals surface area contributed by atoms with Gasteiger partial charge in [0.1, 0.15) is 5.75 Å². The van der Waals surface area contributed by atoms with E-state index in [2.05, 4.69) is 57.3 Å². The molecule has 0 fully saturated rings. The molecule has 0 amide bonds. The summed E-state index contributed by atoms with van der Waals surface area (Å²) >= 11 is 0. The smallest absolute Gasteiger partial charge is 0.119 e. The Hall–Kier alpha value is -1.02. The summed E-state index contributed by atoms with van der Waals surface area (Å²) in [6.45, 7) is 12.7. The van der Waals surface area contributed by atoms with Crippen molar-refractivity contribution in [2.45, 2.75) is 46.6 Å². The van der Waals surface area contributed by atoms with Crippen molar-refractivity contribution >= 4 is 0 Å². The Morgan fingerprint density at radius 3 is 2.11 bits per heavy atom. The van der Waals surface area contributed by atoms with E-state index in [0.29, 0.717) is 17.9 Å². The minimum atomic E-state index is 0.536. The predicted molar refractivity (Wildman–Crippen MR) is 78.3 cm³/mol. The van der Waals surface area contributed by atoms with Crippen LogP contribution in [0.15, 0.2) is 24.3 Å². The lowest BCUT2D eigenvalue weighted by Crippen LogP contribution is -2.30. The summed E-state index contributed by atoms with van der Waals surface area (Å²) < 4.78 is 5.48. The largest absolute Gasteiger partial charge is 0.494 e. The average Bonchev–Trinajstić information content (AvgIpc) is 2.31. The molecule has 1 rings (SSSR count). The molecule has 0 spiro atoms. The van der Waals surface area contributed by atoms with E-state index in [9.17, 15) is 0 Å². The fourth-order valence-corrected chi connectivity index (χ4v) is 2.08. The highest BCUT2D eigenvalue weighted by Gasteiger charge is 2.15. The van der Waals surface area contributed by atoms with E-state index < -0.39 is 0 Å². The molecule has 0 aliphatic carbocycles. The Labute approximate surface area is 112 Å². The van der Waals surface area contributed by atoms with Crippen molar-refractivity contribution < 1.29 is 4.74 Å². The van der Waals surface area contributed by atoms with E-state index in [1.54, 1.807) is 0 Å². The van der Waals surface area contributed by atoms with Gasteiger partial charge in [-0.3, -0.25) is 0 Å². The number of ether oxygens (including phenoxy) is 1. The minimum Gasteiger partial charge on any atom is -0.494 e. The van der Waals surface area contributed by atoms with Crippen molar-refractivity contribution in [2.75, 3.05) is 13.2 Å². The number of nitrogens with one attached hydrogen (secondary N) is 1. The van der Waals surface area contributed by atoms with Gasteiger partial charge in [-0.25, -0.2) is 0 Å². The molecule has 0 saturated carbocycles. The molecule has 18 heavy (non-hydrogen) atoms. The summed E-state index contributed by atoms with van der Waals surface area (Å²) in [4.78, 5) is 0. The molecule has 1 aromatic carbocycles. The van der Waals surface area contributed by atoms with E-state index in [1.165, 1.54) is 5.56 Å². The van der Waals surface area contributed by atoms with Gasteiger partial charge < -0.3 is 10.1 Å². The molecule has 0 aromatic heterocycles. The highest BCUT2D eigenvalue weighted by Crippen LogP contribution is 2.25. The normalized spacial score (nSPS) is 13.1. The van der Waals surface area contributed by atoms with E-state index in [1.807, 2.05) is 6.92 Å². The maximum absolute atomic E-state index is 5.48. The summed E-state index contributed by atoms with van der Waals surface area (Å²) in [7, 11) is 0. The summed E-state index contributed by atoms with van der Waals surface area (Å²) in [5, 5.41) is 3.53. The zero-order valence-electron chi connectivity index (χ0n) is 12.4. The Morgan fingerprint density at radius 1 is 1.06 bits per heavy atom. The standard InChI is InChI=1S/C16H27NO/c1-6-18-15-9-7-14(8-10-15)16(12(2)3)11-17-13(4)5/h7-10,12-13,16-17H,6,11H2,1-5H3. The molecular weight excluding hydrogens is 222 g/mol. The molecule has 0 bridgehead atoms. The van der Waals surface area contributed by atoms with Crippen molar-refractivity contribution in [1.29, 1.82) is 0 Å². The van der Waals surface area contributed by atoms with Gasteiger partial charge >= 0.3 is 0 Å². The SMILES string of the molecule is CCOc1ccc(C(CNC(C)C)C(C)C)cc1. The molecule has 1 N–H and O–H groups in total. The van der Waals surface area contributed by atoms with Crippen molar-refractivity contribution in [3.63, 3.8) is 0 Å². The van der Waals surface area contributed by atoms with Crippen LogP contribution >= 0.6 is 0 Å². The van der Waals surface area contributed by atoms with Crippen LogP contribution in [-0.4, -0.2) is 19.2 Å². The summed E-state index contributed by atoms with van der Waals surface area (Å²) in [6.07, 6.45) is 0. The molecule has 0 heterocycles. The lowest BCUT2D eigenvalue weighted by atomic mass is 9.88. The van der Waals surface area contributed by atoms with Gasteiger partial charge in [0.25, 0.3) is 0 Å². The highest BCUT2D eigenvalue weighted by atomic mass is 16.5. The molecule has 1 unspecified atom stereocenters. The van der Waals surface area contributed by atoms with Gasteiger partial charge in [-0.2, -0.15) is 0 Å². The Balaban J connectivity index is 2.72. The van der Waals surface area contributed by atoms with E-state index >= 15 is 0 Å². The molecular formula is C16H27NO. The van der Waals surface area contributed by atoms with E-state index in [4.69, 9.17) is 4.74 Å². The number of benzene rings is 1. The van der Waals surface area contributed by atoms with E-state index in [0.717, 1.165) is 18.9 Å². The molecule has 102 valence electrons. The molecule has 1 atom stereocenters. The van der Waals surface area contributed by atoms with Gasteiger partial charge in [0.15, 0.2) is 0 Å². The van der Waals surface area contributed by atoms with Crippen LogP contribution in [0.25, 0.3) is 0 Å². The second-order valence-electron chi connectivity index (χ2n) is 5.42. The quantitative estimate of drug-likeness (QED) is 0.793. The zero-order chi connectivity index (χ0) is 13.5. The van der Waals surface area contributed by atoms with Gasteiger partial charge in [-0.05, 0) is 36.5 Å². The highest BCUT2D eigenvalue weighted by molar-refractivity contribution is 5.30. The molecule has 0 aliphatic rings. The van der Waals surface area contributed by atoms with Gasteiger partial charge in [-0.1, -0.05) is 39.8 Å². The van der Waals surface area contributed by atoms with Crippen LogP contribution in [-0.2, 0) is 0 Å². The van der Waals surface area contributed by atoms with Crippen LogP contribution in [0.1, 0.15) is 46.1 Å². The maximum Gasteiger partial charge on any atom is 0.119 e. The van der Waals surface area contributed by atoms with Crippen LogP contribution in [0.5, 0.6) is 5.75 Å². The van der Waals surface area contributed by atoms with Crippen LogP contribution in [0.3, 0.4) is 0 Å². The molecule has 1 aromatic rings. The lowest BCUT2D eigenvalue weighted by molar-refractivity contribution is 0.340. The Morgan fingerprint density at radius 2 is 1.67 bits per heavy atom. The fraction of sp³-hybridized carbons (Fsp3) is 0.625. The average molecular weight is 249 g/mol. The van der Waals surface area contributed by atoms with Crippen LogP contribution in [0.4, 0.5) is 0 Å². The molecule has 0 saturated heterocycles. The third-order valence-corrected chi connectivity index (χ3v) is 3.17. The van der Waals surface area contributed by atoms with Crippen LogP contribution in [0, 0.1) is 5.92 Å². The van der Waals surface area contributed by atoms with Crippen LogP contribution < -0.4 is 10.1 Å². The van der Waals surface area contributed by atoms with Gasteiger partial charge in [0.2, 0.25) is 0 Å². The van der Waals surface area contributed by atoms with Gasteiger partial charge in [-0.15, -0.1) is 0 Å². The van der Waals surface area contributed by atoms with Crippen molar-refractivity contribution in [3.8, 4) is 5.75 Å². The van der Waals surface area contributed by atoms with Gasteiger partial charge in [0, 0.05) is 12.6 Å². The number of rotatable bonds is 7. The number of hydrogen-bond donors (Lipinski definition) is 1. The second-order valence-corrected chi connectivity index (χ2v) is 5.42. The van der Waals surface area contributed by atoms with Crippen molar-refractivity contribution in [3.05, 3.63) is 29.8 Å². The van der Waals surface area contributed by atoms with E-state index in [-0.39, 0.29) is 0 Å². The topological polar surface area (TPSA) is 21.3 Å². The Kier molecular flexibility index (Phi) is 6.20. The number of hydrogen-bond acceptors (Lipinski definition) is 2. The first-order valence-corrected chi connectivity index (χ1v) is 7.00. The minimum absolute atomic E-state index is 0.536. The molecule has 0 aliphatic heterocycles. The lowest BCUT2D eigenvalue weighted by Gasteiger charge is -2.23. The predicted octanol–water partition coefficient (Wildman–Crippen LogP) is 3.82. The first-order chi connectivity index (χ1) is 8.54. The fourth-order valence-electron chi connectivity index (χ4n) is 2.08. The van der Waals surface area contributed by atoms with Gasteiger partial charge in [0.05, 0.1) is 6.61 Å². The Bertz CT molecular complexity index is 329. The summed E-state index contributed by atoms with van der Waals surface area (Å²) in [5.74, 6) is 2.15. The van der Waals surface area contributed by atoms with Crippen molar-refractivity contribution in [1.82, 2.24) is 5.32 Å². The monoisotopic (exact) mass is 249 g/mol. The summed E-state index contributed by atoms with van der Waals surface area (Å²) in [5.41, 5.74) is 1.39. The first-order valence-electron chi connectivity index (χ1n) is 7.00. The zero-order valence-corrected chi connectivity index (χ0v) is 12.4. The van der Waals surface area contributed by atoms with Crippen molar-refractivity contribution in [2.24, 2.45) is 5.92 Å². The molecule has 2 heteroatoms. The third kappa shape index (κ3) is 4.69. The third-order valence-electron chi connectivity index (χ3n) is 3.17.